The molecule has 0 fully saturated rings. The standard InChI is InChI=1S/C21H20IN7O4/c22-28-19-20(31)29(10-17(30)26-8-11-1-3-12(4-2-11)18(24)25)16(9-27-19)13-5-14(21(32)33)7-15(23)6-13/h1-7,9H,8,10,23H2,(H3,24,25)(H,26,30)(H,27,28)(H,32,33). The molecule has 2 aromatic carbocycles. The average Bonchev–Trinajstić information content (AvgIpc) is 2.78. The van der Waals surface area contributed by atoms with Gasteiger partial charge < -0.3 is 25.4 Å². The number of carboxylic acid groups (broad SMARTS) is 1. The van der Waals surface area contributed by atoms with Crippen LogP contribution in [0.4, 0.5) is 11.5 Å². The molecule has 33 heavy (non-hydrogen) atoms. The summed E-state index contributed by atoms with van der Waals surface area (Å²) in [4.78, 5) is 41.0. The molecule has 0 unspecified atom stereocenters. The van der Waals surface area contributed by atoms with Gasteiger partial charge in [0.1, 0.15) is 12.4 Å². The van der Waals surface area contributed by atoms with Crippen molar-refractivity contribution < 1.29 is 14.7 Å². The minimum Gasteiger partial charge on any atom is -0.478 e. The van der Waals surface area contributed by atoms with Gasteiger partial charge in [-0.3, -0.25) is 19.6 Å². The molecule has 0 bridgehead atoms. The number of halogens is 1. The number of amides is 1. The van der Waals surface area contributed by atoms with Crippen LogP contribution in [0.15, 0.2) is 53.5 Å². The number of carbonyl (C=O) groups is 2. The molecule has 11 nitrogen and oxygen atoms in total. The molecule has 170 valence electrons. The Hall–Kier alpha value is -3.94. The van der Waals surface area contributed by atoms with Crippen molar-refractivity contribution in [3.05, 3.63) is 75.7 Å². The normalized spacial score (nSPS) is 10.5. The number of anilines is 2. The Morgan fingerprint density at radius 2 is 1.85 bits per heavy atom. The van der Waals surface area contributed by atoms with Gasteiger partial charge in [0.05, 0.1) is 40.3 Å². The van der Waals surface area contributed by atoms with Gasteiger partial charge in [-0.25, -0.2) is 9.78 Å². The van der Waals surface area contributed by atoms with Crippen LogP contribution in [-0.4, -0.2) is 32.4 Å². The Kier molecular flexibility index (Phi) is 7.27. The molecule has 3 aromatic rings. The highest BCUT2D eigenvalue weighted by Gasteiger charge is 2.16. The summed E-state index contributed by atoms with van der Waals surface area (Å²) in [5, 5.41) is 19.5. The maximum atomic E-state index is 12.9. The molecule has 0 spiro atoms. The SMILES string of the molecule is N=C(N)c1ccc(CNC(=O)Cn2c(-c3cc(N)cc(C(=O)O)c3)cnc(NI)c2=O)cc1. The van der Waals surface area contributed by atoms with Crippen molar-refractivity contribution in [2.45, 2.75) is 13.1 Å². The van der Waals surface area contributed by atoms with E-state index in [0.29, 0.717) is 11.1 Å². The Bertz CT molecular complexity index is 1290. The molecule has 3 rings (SSSR count). The van der Waals surface area contributed by atoms with Crippen molar-refractivity contribution in [2.75, 3.05) is 9.26 Å². The number of hydrogen-bond donors (Lipinski definition) is 6. The number of carboxylic acids is 1. The average molecular weight is 561 g/mol. The number of aromatic carboxylic acids is 1. The van der Waals surface area contributed by atoms with Gasteiger partial charge in [0, 0.05) is 23.4 Å². The lowest BCUT2D eigenvalue weighted by atomic mass is 10.1. The number of amidine groups is 1. The van der Waals surface area contributed by atoms with Gasteiger partial charge in [0.2, 0.25) is 11.7 Å². The molecular weight excluding hydrogens is 541 g/mol. The van der Waals surface area contributed by atoms with E-state index in [4.69, 9.17) is 16.9 Å². The largest absolute Gasteiger partial charge is 0.478 e. The highest BCUT2D eigenvalue weighted by molar-refractivity contribution is 14.1. The Morgan fingerprint density at radius 1 is 1.15 bits per heavy atom. The minimum atomic E-state index is -1.18. The monoisotopic (exact) mass is 561 g/mol. The smallest absolute Gasteiger partial charge is 0.335 e. The van der Waals surface area contributed by atoms with Gasteiger partial charge in [0.25, 0.3) is 5.56 Å². The molecule has 0 saturated heterocycles. The number of rotatable bonds is 8. The minimum absolute atomic E-state index is 0.0225. The quantitative estimate of drug-likeness (QED) is 0.0785. The summed E-state index contributed by atoms with van der Waals surface area (Å²) in [5.41, 5.74) is 12.8. The summed E-state index contributed by atoms with van der Waals surface area (Å²) in [5.74, 6) is -1.65. The van der Waals surface area contributed by atoms with Crippen LogP contribution in [-0.2, 0) is 17.9 Å². The zero-order valence-corrected chi connectivity index (χ0v) is 19.3. The molecule has 0 radical (unpaired) electrons. The van der Waals surface area contributed by atoms with Crippen LogP contribution in [0.2, 0.25) is 0 Å². The van der Waals surface area contributed by atoms with Crippen LogP contribution in [0, 0.1) is 5.41 Å². The van der Waals surface area contributed by atoms with E-state index in [1.54, 1.807) is 47.1 Å². The number of carbonyl (C=O) groups excluding carboxylic acids is 1. The predicted molar refractivity (Wildman–Crippen MR) is 132 cm³/mol. The lowest BCUT2D eigenvalue weighted by Crippen LogP contribution is -2.33. The first-order chi connectivity index (χ1) is 15.7. The highest BCUT2D eigenvalue weighted by Crippen LogP contribution is 2.23. The van der Waals surface area contributed by atoms with Crippen LogP contribution in [0.25, 0.3) is 11.3 Å². The Labute approximate surface area is 201 Å². The Morgan fingerprint density at radius 3 is 2.45 bits per heavy atom. The van der Waals surface area contributed by atoms with Crippen molar-refractivity contribution in [1.29, 1.82) is 5.41 Å². The summed E-state index contributed by atoms with van der Waals surface area (Å²) in [7, 11) is 0. The zero-order chi connectivity index (χ0) is 24.1. The number of nitrogens with zero attached hydrogens (tertiary/aromatic N) is 2. The molecule has 0 aliphatic heterocycles. The van der Waals surface area contributed by atoms with E-state index in [1.165, 1.54) is 29.0 Å². The maximum absolute atomic E-state index is 12.9. The van der Waals surface area contributed by atoms with Crippen LogP contribution in [0.5, 0.6) is 0 Å². The molecule has 8 N–H and O–H groups in total. The van der Waals surface area contributed by atoms with Gasteiger partial charge in [-0.15, -0.1) is 0 Å². The van der Waals surface area contributed by atoms with Crippen molar-refractivity contribution in [1.82, 2.24) is 14.9 Å². The number of benzene rings is 2. The molecular formula is C21H20IN7O4. The second-order valence-electron chi connectivity index (χ2n) is 7.01. The van der Waals surface area contributed by atoms with E-state index in [2.05, 4.69) is 13.8 Å². The van der Waals surface area contributed by atoms with Crippen LogP contribution >= 0.6 is 22.9 Å². The van der Waals surface area contributed by atoms with E-state index in [9.17, 15) is 19.5 Å². The molecule has 1 amide bonds. The van der Waals surface area contributed by atoms with Crippen molar-refractivity contribution in [3.63, 3.8) is 0 Å². The van der Waals surface area contributed by atoms with E-state index in [0.717, 1.165) is 5.56 Å². The van der Waals surface area contributed by atoms with E-state index >= 15 is 0 Å². The summed E-state index contributed by atoms with van der Waals surface area (Å²) >= 11 is 1.76. The number of nitrogens with two attached hydrogens (primary N) is 2. The maximum Gasteiger partial charge on any atom is 0.335 e. The third kappa shape index (κ3) is 5.65. The predicted octanol–water partition coefficient (Wildman–Crippen LogP) is 1.55. The van der Waals surface area contributed by atoms with Crippen molar-refractivity contribution in [2.24, 2.45) is 5.73 Å². The number of hydrogen-bond acceptors (Lipinski definition) is 7. The van der Waals surface area contributed by atoms with Gasteiger partial charge >= 0.3 is 5.97 Å². The van der Waals surface area contributed by atoms with Gasteiger partial charge in [-0.05, 0) is 23.8 Å². The van der Waals surface area contributed by atoms with Crippen LogP contribution < -0.4 is 25.9 Å². The summed E-state index contributed by atoms with van der Waals surface area (Å²) in [6, 6.07) is 11.0. The summed E-state index contributed by atoms with van der Waals surface area (Å²) in [6.45, 7) is -0.129. The number of aromatic nitrogens is 2. The van der Waals surface area contributed by atoms with Crippen molar-refractivity contribution in [3.8, 4) is 11.3 Å². The topological polar surface area (TPSA) is 189 Å². The lowest BCUT2D eigenvalue weighted by molar-refractivity contribution is -0.121. The number of nitrogen functional groups attached to an aromatic ring is 2. The summed E-state index contributed by atoms with van der Waals surface area (Å²) < 4.78 is 3.85. The van der Waals surface area contributed by atoms with E-state index in [1.807, 2.05) is 0 Å². The fourth-order valence-electron chi connectivity index (χ4n) is 3.07. The second-order valence-corrected chi connectivity index (χ2v) is 7.55. The fourth-order valence-corrected chi connectivity index (χ4v) is 3.44. The third-order valence-corrected chi connectivity index (χ3v) is 5.21. The molecule has 0 aliphatic rings. The van der Waals surface area contributed by atoms with E-state index in [-0.39, 0.29) is 41.7 Å². The second kappa shape index (κ2) is 10.1. The van der Waals surface area contributed by atoms with E-state index < -0.39 is 17.4 Å². The van der Waals surface area contributed by atoms with Gasteiger partial charge in [-0.1, -0.05) is 24.3 Å². The van der Waals surface area contributed by atoms with Gasteiger partial charge in [0.15, 0.2) is 0 Å². The first-order valence-electron chi connectivity index (χ1n) is 9.50. The molecule has 1 aromatic heterocycles. The molecule has 0 aliphatic carbocycles. The first kappa shape index (κ1) is 23.7. The van der Waals surface area contributed by atoms with Crippen LogP contribution in [0.1, 0.15) is 21.5 Å². The van der Waals surface area contributed by atoms with Crippen LogP contribution in [0.3, 0.4) is 0 Å². The third-order valence-electron chi connectivity index (χ3n) is 4.70. The molecule has 12 heteroatoms. The molecule has 0 saturated carbocycles. The van der Waals surface area contributed by atoms with Crippen molar-refractivity contribution >= 4 is 52.1 Å². The summed E-state index contributed by atoms with van der Waals surface area (Å²) in [6.07, 6.45) is 1.37. The fraction of sp³-hybridized carbons (Fsp3) is 0.0952. The lowest BCUT2D eigenvalue weighted by Gasteiger charge is -2.15. The molecule has 0 atom stereocenters. The molecule has 1 heterocycles. The zero-order valence-electron chi connectivity index (χ0n) is 17.1. The first-order valence-corrected chi connectivity index (χ1v) is 10.6. The Balaban J connectivity index is 1.89. The number of nitrogens with one attached hydrogen (secondary N) is 3. The van der Waals surface area contributed by atoms with Gasteiger partial charge in [-0.2, -0.15) is 0 Å². The highest BCUT2D eigenvalue weighted by atomic mass is 127.